The maximum Gasteiger partial charge on any atom is 0.408 e. The lowest BCUT2D eigenvalue weighted by Gasteiger charge is -2.40. The Bertz CT molecular complexity index is 527. The van der Waals surface area contributed by atoms with E-state index in [0.29, 0.717) is 5.75 Å². The van der Waals surface area contributed by atoms with Crippen LogP contribution in [0.5, 0.6) is 0 Å². The molecule has 1 aliphatic carbocycles. The number of aliphatic hydroxyl groups is 1. The molecule has 1 aromatic rings. The van der Waals surface area contributed by atoms with Crippen LogP contribution in [0.3, 0.4) is 0 Å². The van der Waals surface area contributed by atoms with E-state index in [0.717, 1.165) is 12.2 Å². The van der Waals surface area contributed by atoms with Gasteiger partial charge in [-0.1, -0.05) is 24.3 Å². The van der Waals surface area contributed by atoms with Gasteiger partial charge in [-0.2, -0.15) is 11.8 Å². The number of benzene rings is 1. The van der Waals surface area contributed by atoms with E-state index in [1.807, 2.05) is 32.9 Å². The molecule has 2 atom stereocenters. The highest BCUT2D eigenvalue weighted by molar-refractivity contribution is 7.99. The van der Waals surface area contributed by atoms with Crippen molar-refractivity contribution < 1.29 is 15.0 Å². The second kappa shape index (κ2) is 6.92. The summed E-state index contributed by atoms with van der Waals surface area (Å²) in [4.78, 5) is 13.4. The first-order valence-electron chi connectivity index (χ1n) is 7.65. The van der Waals surface area contributed by atoms with Crippen LogP contribution in [0.15, 0.2) is 24.3 Å². The normalized spacial score (nSPS) is 20.7. The Morgan fingerprint density at radius 2 is 2.05 bits per heavy atom. The highest BCUT2D eigenvalue weighted by Gasteiger charge is 2.42. The average molecular weight is 323 g/mol. The van der Waals surface area contributed by atoms with E-state index in [2.05, 4.69) is 12.1 Å². The van der Waals surface area contributed by atoms with Gasteiger partial charge in [0.25, 0.3) is 0 Å². The van der Waals surface area contributed by atoms with Crippen molar-refractivity contribution in [3.8, 4) is 0 Å². The summed E-state index contributed by atoms with van der Waals surface area (Å²) in [5, 5.41) is 18.7. The Morgan fingerprint density at radius 3 is 2.64 bits per heavy atom. The van der Waals surface area contributed by atoms with E-state index in [9.17, 15) is 9.90 Å². The molecule has 2 rings (SSSR count). The summed E-state index contributed by atoms with van der Waals surface area (Å²) in [6, 6.07) is 8.21. The number of carboxylic acid groups (broad SMARTS) is 1. The summed E-state index contributed by atoms with van der Waals surface area (Å²) in [5.41, 5.74) is 2.07. The van der Waals surface area contributed by atoms with Crippen molar-refractivity contribution in [2.24, 2.45) is 0 Å². The molecule has 0 saturated carbocycles. The summed E-state index contributed by atoms with van der Waals surface area (Å²) in [6.45, 7) is 6.00. The van der Waals surface area contributed by atoms with Crippen molar-refractivity contribution in [3.05, 3.63) is 35.4 Å². The second-order valence-electron chi connectivity index (χ2n) is 6.70. The van der Waals surface area contributed by atoms with Crippen LogP contribution < -0.4 is 0 Å². The highest BCUT2D eigenvalue weighted by atomic mass is 32.2. The summed E-state index contributed by atoms with van der Waals surface area (Å²) in [7, 11) is 0. The molecule has 122 valence electrons. The van der Waals surface area contributed by atoms with E-state index in [1.165, 1.54) is 11.1 Å². The largest absolute Gasteiger partial charge is 0.465 e. The third kappa shape index (κ3) is 3.58. The topological polar surface area (TPSA) is 60.8 Å². The molecule has 0 heterocycles. The van der Waals surface area contributed by atoms with E-state index in [4.69, 9.17) is 5.11 Å². The van der Waals surface area contributed by atoms with Crippen LogP contribution in [0.4, 0.5) is 4.79 Å². The number of amides is 1. The number of nitrogens with zero attached hydrogens (tertiary/aromatic N) is 1. The molecule has 0 radical (unpaired) electrons. The number of rotatable bonds is 5. The maximum atomic E-state index is 11.8. The number of carbonyl (C=O) groups is 1. The lowest BCUT2D eigenvalue weighted by molar-refractivity contribution is 0.0667. The lowest BCUT2D eigenvalue weighted by Crippen LogP contribution is -2.53. The van der Waals surface area contributed by atoms with Crippen LogP contribution in [0.25, 0.3) is 0 Å². The van der Waals surface area contributed by atoms with Gasteiger partial charge in [0.1, 0.15) is 0 Å². The quantitative estimate of drug-likeness (QED) is 0.817. The van der Waals surface area contributed by atoms with Crippen molar-refractivity contribution in [2.75, 3.05) is 18.1 Å². The van der Waals surface area contributed by atoms with Crippen LogP contribution in [0, 0.1) is 0 Å². The molecule has 0 unspecified atom stereocenters. The lowest BCUT2D eigenvalue weighted by atomic mass is 9.95. The summed E-state index contributed by atoms with van der Waals surface area (Å²) in [6.07, 6.45) is -0.0909. The molecule has 1 aromatic carbocycles. The number of thioether (sulfide) groups is 1. The Kier molecular flexibility index (Phi) is 5.40. The van der Waals surface area contributed by atoms with E-state index >= 15 is 0 Å². The molecule has 1 amide bonds. The Balaban J connectivity index is 2.31. The van der Waals surface area contributed by atoms with E-state index < -0.39 is 11.6 Å². The van der Waals surface area contributed by atoms with Gasteiger partial charge in [-0.3, -0.25) is 4.90 Å². The van der Waals surface area contributed by atoms with Gasteiger partial charge in [0.2, 0.25) is 0 Å². The van der Waals surface area contributed by atoms with Gasteiger partial charge < -0.3 is 10.2 Å². The molecule has 4 nitrogen and oxygen atoms in total. The molecule has 22 heavy (non-hydrogen) atoms. The zero-order valence-corrected chi connectivity index (χ0v) is 14.3. The predicted molar refractivity (Wildman–Crippen MR) is 90.7 cm³/mol. The first-order chi connectivity index (χ1) is 10.4. The molecule has 0 bridgehead atoms. The van der Waals surface area contributed by atoms with E-state index in [1.54, 1.807) is 16.7 Å². The number of hydrogen-bond acceptors (Lipinski definition) is 3. The average Bonchev–Trinajstić information content (AvgIpc) is 2.75. The zero-order valence-electron chi connectivity index (χ0n) is 13.5. The van der Waals surface area contributed by atoms with Crippen molar-refractivity contribution in [3.63, 3.8) is 0 Å². The molecule has 0 aromatic heterocycles. The van der Waals surface area contributed by atoms with Crippen molar-refractivity contribution in [1.82, 2.24) is 4.90 Å². The van der Waals surface area contributed by atoms with Crippen LogP contribution in [0.2, 0.25) is 0 Å². The number of hydrogen-bond donors (Lipinski definition) is 2. The minimum atomic E-state index is -0.859. The van der Waals surface area contributed by atoms with Gasteiger partial charge in [0, 0.05) is 29.0 Å². The second-order valence-corrected chi connectivity index (χ2v) is 7.85. The maximum absolute atomic E-state index is 11.8. The number of fused-ring (bicyclic) bond motifs is 1. The third-order valence-corrected chi connectivity index (χ3v) is 5.21. The zero-order chi connectivity index (χ0) is 16.3. The first-order valence-corrected chi connectivity index (χ1v) is 8.80. The van der Waals surface area contributed by atoms with Crippen molar-refractivity contribution >= 4 is 17.9 Å². The van der Waals surface area contributed by atoms with Crippen molar-refractivity contribution in [1.29, 1.82) is 0 Å². The Hall–Kier alpha value is -1.20. The molecule has 0 spiro atoms. The standard InChI is InChI=1S/C17H25NO3S/c1-17(2,3)18(16(20)21)15-10-12-6-4-5-7-13(12)14(15)11-22-9-8-19/h4-7,14-15,19H,8-11H2,1-3H3,(H,20,21)/t14-,15-/m1/s1. The number of aliphatic hydroxyl groups excluding tert-OH is 1. The molecule has 2 N–H and O–H groups in total. The minimum Gasteiger partial charge on any atom is -0.465 e. The Morgan fingerprint density at radius 1 is 1.36 bits per heavy atom. The molecule has 1 aliphatic rings. The van der Waals surface area contributed by atoms with Gasteiger partial charge in [0.15, 0.2) is 0 Å². The fourth-order valence-electron chi connectivity index (χ4n) is 3.33. The van der Waals surface area contributed by atoms with Crippen LogP contribution >= 0.6 is 11.8 Å². The molecular formula is C17H25NO3S. The smallest absolute Gasteiger partial charge is 0.408 e. The van der Waals surface area contributed by atoms with Gasteiger partial charge in [-0.05, 0) is 38.3 Å². The monoisotopic (exact) mass is 323 g/mol. The third-order valence-electron chi connectivity index (χ3n) is 4.14. The summed E-state index contributed by atoms with van der Waals surface area (Å²) < 4.78 is 0. The van der Waals surface area contributed by atoms with Crippen LogP contribution in [0.1, 0.15) is 37.8 Å². The summed E-state index contributed by atoms with van der Waals surface area (Å²) in [5.74, 6) is 1.71. The van der Waals surface area contributed by atoms with Gasteiger partial charge in [-0.15, -0.1) is 0 Å². The SMILES string of the molecule is CC(C)(C)N(C(=O)O)[C@@H]1Cc2ccccc2[C@H]1CSCCO. The molecule has 0 fully saturated rings. The van der Waals surface area contributed by atoms with Gasteiger partial charge >= 0.3 is 6.09 Å². The first kappa shape index (κ1) is 17.2. The highest BCUT2D eigenvalue weighted by Crippen LogP contribution is 2.40. The molecule has 0 saturated heterocycles. The fraction of sp³-hybridized carbons (Fsp3) is 0.588. The molecule has 0 aliphatic heterocycles. The van der Waals surface area contributed by atoms with Gasteiger partial charge in [-0.25, -0.2) is 4.79 Å². The molecule has 5 heteroatoms. The van der Waals surface area contributed by atoms with Crippen LogP contribution in [-0.2, 0) is 6.42 Å². The molecular weight excluding hydrogens is 298 g/mol. The Labute approximate surface area is 136 Å². The van der Waals surface area contributed by atoms with E-state index in [-0.39, 0.29) is 18.6 Å². The fourth-order valence-corrected chi connectivity index (χ4v) is 4.28. The summed E-state index contributed by atoms with van der Waals surface area (Å²) >= 11 is 1.69. The van der Waals surface area contributed by atoms with Crippen molar-refractivity contribution in [2.45, 2.75) is 44.7 Å². The predicted octanol–water partition coefficient (Wildman–Crippen LogP) is 3.20. The van der Waals surface area contributed by atoms with Gasteiger partial charge in [0.05, 0.1) is 6.61 Å². The minimum absolute atomic E-state index is 0.0407. The van der Waals surface area contributed by atoms with Crippen LogP contribution in [-0.4, -0.2) is 50.9 Å².